The number of rotatable bonds is 3. The number of aliphatic hydroxyl groups is 1. The number of nitrogens with zero attached hydrogens (tertiary/aromatic N) is 2. The SMILES string of the molecule is O=C([C@@H]1CCCN(C2CCOCC2)C1)N1CCC(O)(c2ccccc2)CC1. The summed E-state index contributed by atoms with van der Waals surface area (Å²) in [5, 5.41) is 11.0. The minimum atomic E-state index is -0.793. The van der Waals surface area contributed by atoms with Crippen molar-refractivity contribution in [3.63, 3.8) is 0 Å². The molecule has 0 aromatic heterocycles. The maximum atomic E-state index is 13.1. The Labute approximate surface area is 162 Å². The zero-order valence-electron chi connectivity index (χ0n) is 16.2. The molecule has 3 fully saturated rings. The minimum absolute atomic E-state index is 0.115. The lowest BCUT2D eigenvalue weighted by molar-refractivity contribution is -0.142. The molecule has 4 rings (SSSR count). The van der Waals surface area contributed by atoms with Gasteiger partial charge in [0, 0.05) is 38.9 Å². The molecular weight excluding hydrogens is 340 g/mol. The van der Waals surface area contributed by atoms with E-state index in [2.05, 4.69) is 4.90 Å². The van der Waals surface area contributed by atoms with Crippen molar-refractivity contribution in [1.82, 2.24) is 9.80 Å². The number of ether oxygens (including phenoxy) is 1. The van der Waals surface area contributed by atoms with Gasteiger partial charge in [-0.3, -0.25) is 9.69 Å². The second-order valence-corrected chi connectivity index (χ2v) is 8.40. The Morgan fingerprint density at radius 2 is 1.74 bits per heavy atom. The van der Waals surface area contributed by atoms with Crippen LogP contribution in [0.4, 0.5) is 0 Å². The molecule has 0 unspecified atom stereocenters. The molecule has 0 radical (unpaired) electrons. The van der Waals surface area contributed by atoms with Gasteiger partial charge in [0.05, 0.1) is 11.5 Å². The van der Waals surface area contributed by atoms with Crippen molar-refractivity contribution in [2.24, 2.45) is 5.92 Å². The summed E-state index contributed by atoms with van der Waals surface area (Å²) in [4.78, 5) is 17.6. The van der Waals surface area contributed by atoms with Gasteiger partial charge in [-0.1, -0.05) is 30.3 Å². The Hall–Kier alpha value is -1.43. The van der Waals surface area contributed by atoms with Gasteiger partial charge in [0.15, 0.2) is 0 Å². The Morgan fingerprint density at radius 1 is 1.04 bits per heavy atom. The van der Waals surface area contributed by atoms with Crippen LogP contribution in [0.2, 0.25) is 0 Å². The van der Waals surface area contributed by atoms with E-state index >= 15 is 0 Å². The monoisotopic (exact) mass is 372 g/mol. The molecule has 0 spiro atoms. The number of likely N-dealkylation sites (tertiary alicyclic amines) is 2. The molecule has 148 valence electrons. The number of amides is 1. The first-order chi connectivity index (χ1) is 13.2. The van der Waals surface area contributed by atoms with Crippen LogP contribution in [0.3, 0.4) is 0 Å². The lowest BCUT2D eigenvalue weighted by Crippen LogP contribution is -2.52. The smallest absolute Gasteiger partial charge is 0.226 e. The lowest BCUT2D eigenvalue weighted by atomic mass is 9.84. The summed E-state index contributed by atoms with van der Waals surface area (Å²) in [6, 6.07) is 10.5. The normalized spacial score (nSPS) is 27.4. The summed E-state index contributed by atoms with van der Waals surface area (Å²) < 4.78 is 5.49. The molecule has 3 aliphatic rings. The Kier molecular flexibility index (Phi) is 5.81. The lowest BCUT2D eigenvalue weighted by Gasteiger charge is -2.43. The average molecular weight is 373 g/mol. The van der Waals surface area contributed by atoms with E-state index in [-0.39, 0.29) is 5.92 Å². The van der Waals surface area contributed by atoms with E-state index in [0.29, 0.717) is 37.9 Å². The molecule has 3 aliphatic heterocycles. The standard InChI is InChI=1S/C22H32N2O3/c25-21(18-5-4-12-24(17-18)20-8-15-27-16-9-20)23-13-10-22(26,11-14-23)19-6-2-1-3-7-19/h1-3,6-7,18,20,26H,4-5,8-17H2/t18-/m1/s1. The quantitative estimate of drug-likeness (QED) is 0.885. The van der Waals surface area contributed by atoms with Gasteiger partial charge in [0.2, 0.25) is 5.91 Å². The van der Waals surface area contributed by atoms with Crippen LogP contribution in [0.15, 0.2) is 30.3 Å². The number of hydrogen-bond acceptors (Lipinski definition) is 4. The molecule has 27 heavy (non-hydrogen) atoms. The van der Waals surface area contributed by atoms with Gasteiger partial charge in [0.1, 0.15) is 0 Å². The number of carbonyl (C=O) groups is 1. The second kappa shape index (κ2) is 8.29. The number of hydrogen-bond donors (Lipinski definition) is 1. The molecular formula is C22H32N2O3. The van der Waals surface area contributed by atoms with E-state index in [0.717, 1.165) is 57.6 Å². The zero-order valence-corrected chi connectivity index (χ0v) is 16.2. The largest absolute Gasteiger partial charge is 0.385 e. The molecule has 0 saturated carbocycles. The summed E-state index contributed by atoms with van der Waals surface area (Å²) in [7, 11) is 0. The Morgan fingerprint density at radius 3 is 2.44 bits per heavy atom. The molecule has 0 bridgehead atoms. The van der Waals surface area contributed by atoms with Crippen molar-refractivity contribution in [2.45, 2.75) is 50.2 Å². The van der Waals surface area contributed by atoms with E-state index < -0.39 is 5.60 Å². The summed E-state index contributed by atoms with van der Waals surface area (Å²) in [5.74, 6) is 0.409. The fourth-order valence-corrected chi connectivity index (χ4v) is 4.98. The predicted octanol–water partition coefficient (Wildman–Crippen LogP) is 2.39. The third-order valence-corrected chi connectivity index (χ3v) is 6.72. The summed E-state index contributed by atoms with van der Waals surface area (Å²) >= 11 is 0. The van der Waals surface area contributed by atoms with E-state index in [4.69, 9.17) is 4.74 Å². The highest BCUT2D eigenvalue weighted by atomic mass is 16.5. The summed E-state index contributed by atoms with van der Waals surface area (Å²) in [6.07, 6.45) is 5.54. The highest BCUT2D eigenvalue weighted by Gasteiger charge is 2.38. The van der Waals surface area contributed by atoms with E-state index in [1.807, 2.05) is 35.2 Å². The summed E-state index contributed by atoms with van der Waals surface area (Å²) in [5.41, 5.74) is 0.180. The van der Waals surface area contributed by atoms with Gasteiger partial charge >= 0.3 is 0 Å². The fourth-order valence-electron chi connectivity index (χ4n) is 4.98. The molecule has 1 amide bonds. The molecule has 1 aromatic rings. The van der Waals surface area contributed by atoms with Crippen LogP contribution >= 0.6 is 0 Å². The molecule has 3 heterocycles. The second-order valence-electron chi connectivity index (χ2n) is 8.40. The number of piperidine rings is 2. The Balaban J connectivity index is 1.33. The van der Waals surface area contributed by atoms with Crippen LogP contribution in [-0.2, 0) is 15.1 Å². The van der Waals surface area contributed by atoms with E-state index in [1.54, 1.807) is 0 Å². The minimum Gasteiger partial charge on any atom is -0.385 e. The molecule has 5 heteroatoms. The zero-order chi connectivity index (χ0) is 18.7. The van der Waals surface area contributed by atoms with Crippen molar-refractivity contribution < 1.29 is 14.6 Å². The molecule has 1 N–H and O–H groups in total. The van der Waals surface area contributed by atoms with Crippen LogP contribution in [0.1, 0.15) is 44.1 Å². The van der Waals surface area contributed by atoms with Gasteiger partial charge in [-0.25, -0.2) is 0 Å². The number of benzene rings is 1. The van der Waals surface area contributed by atoms with Crippen molar-refractivity contribution in [2.75, 3.05) is 39.4 Å². The van der Waals surface area contributed by atoms with E-state index in [1.165, 1.54) is 0 Å². The van der Waals surface area contributed by atoms with Crippen molar-refractivity contribution in [3.8, 4) is 0 Å². The van der Waals surface area contributed by atoms with Gasteiger partial charge in [-0.05, 0) is 50.6 Å². The van der Waals surface area contributed by atoms with Crippen LogP contribution in [-0.4, -0.2) is 66.2 Å². The van der Waals surface area contributed by atoms with Gasteiger partial charge in [-0.2, -0.15) is 0 Å². The molecule has 0 aliphatic carbocycles. The van der Waals surface area contributed by atoms with E-state index in [9.17, 15) is 9.90 Å². The molecule has 1 atom stereocenters. The first-order valence-electron chi connectivity index (χ1n) is 10.5. The van der Waals surface area contributed by atoms with Crippen LogP contribution in [0.25, 0.3) is 0 Å². The van der Waals surface area contributed by atoms with Crippen molar-refractivity contribution in [1.29, 1.82) is 0 Å². The van der Waals surface area contributed by atoms with Crippen LogP contribution in [0, 0.1) is 5.92 Å². The maximum Gasteiger partial charge on any atom is 0.226 e. The van der Waals surface area contributed by atoms with Gasteiger partial charge in [-0.15, -0.1) is 0 Å². The van der Waals surface area contributed by atoms with Crippen LogP contribution in [0.5, 0.6) is 0 Å². The first-order valence-corrected chi connectivity index (χ1v) is 10.5. The Bertz CT molecular complexity index is 622. The third kappa shape index (κ3) is 4.20. The highest BCUT2D eigenvalue weighted by Crippen LogP contribution is 2.34. The predicted molar refractivity (Wildman–Crippen MR) is 104 cm³/mol. The fraction of sp³-hybridized carbons (Fsp3) is 0.682. The third-order valence-electron chi connectivity index (χ3n) is 6.72. The van der Waals surface area contributed by atoms with Crippen molar-refractivity contribution >= 4 is 5.91 Å². The topological polar surface area (TPSA) is 53.0 Å². The molecule has 1 aromatic carbocycles. The molecule has 3 saturated heterocycles. The first kappa shape index (κ1) is 18.9. The van der Waals surface area contributed by atoms with Crippen molar-refractivity contribution in [3.05, 3.63) is 35.9 Å². The average Bonchev–Trinajstić information content (AvgIpc) is 2.75. The van der Waals surface area contributed by atoms with Gasteiger partial charge in [0.25, 0.3) is 0 Å². The number of carbonyl (C=O) groups excluding carboxylic acids is 1. The molecule has 5 nitrogen and oxygen atoms in total. The summed E-state index contributed by atoms with van der Waals surface area (Å²) in [6.45, 7) is 5.01. The van der Waals surface area contributed by atoms with Crippen LogP contribution < -0.4 is 0 Å². The maximum absolute atomic E-state index is 13.1. The highest BCUT2D eigenvalue weighted by molar-refractivity contribution is 5.79. The van der Waals surface area contributed by atoms with Gasteiger partial charge < -0.3 is 14.7 Å².